The van der Waals surface area contributed by atoms with E-state index in [9.17, 15) is 0 Å². The van der Waals surface area contributed by atoms with Crippen LogP contribution in [0.4, 0.5) is 5.69 Å². The molecule has 0 aliphatic heterocycles. The molecular formula is C17H23ClN4. The first-order valence-corrected chi connectivity index (χ1v) is 7.87. The molecule has 5 heteroatoms. The summed E-state index contributed by atoms with van der Waals surface area (Å²) < 4.78 is 0. The average molecular weight is 319 g/mol. The SMILES string of the molecule is CC(C)(C)c1nc(-c2cccc(Cl)c2)ncc1NCCCN. The third-order valence-electron chi connectivity index (χ3n) is 3.28. The molecule has 0 saturated carbocycles. The number of nitrogens with one attached hydrogen (secondary N) is 1. The monoisotopic (exact) mass is 318 g/mol. The van der Waals surface area contributed by atoms with Crippen molar-refractivity contribution in [2.24, 2.45) is 5.73 Å². The second-order valence-electron chi connectivity index (χ2n) is 6.29. The minimum absolute atomic E-state index is 0.0820. The van der Waals surface area contributed by atoms with Crippen molar-refractivity contribution in [1.82, 2.24) is 9.97 Å². The van der Waals surface area contributed by atoms with E-state index in [1.54, 1.807) is 0 Å². The van der Waals surface area contributed by atoms with Crippen molar-refractivity contribution in [1.29, 1.82) is 0 Å². The molecule has 0 spiro atoms. The molecule has 118 valence electrons. The number of rotatable bonds is 5. The Morgan fingerprint density at radius 2 is 2.05 bits per heavy atom. The lowest BCUT2D eigenvalue weighted by Crippen LogP contribution is -2.19. The van der Waals surface area contributed by atoms with Crippen LogP contribution in [0, 0.1) is 0 Å². The lowest BCUT2D eigenvalue weighted by atomic mass is 9.90. The summed E-state index contributed by atoms with van der Waals surface area (Å²) in [4.78, 5) is 9.25. The smallest absolute Gasteiger partial charge is 0.159 e. The standard InChI is InChI=1S/C17H23ClN4/c1-17(2,3)15-14(20-9-5-8-19)11-21-16(22-15)12-6-4-7-13(18)10-12/h4,6-7,10-11,20H,5,8-9,19H2,1-3H3. The molecule has 22 heavy (non-hydrogen) atoms. The Hall–Kier alpha value is -1.65. The van der Waals surface area contributed by atoms with Crippen LogP contribution in [-0.4, -0.2) is 23.1 Å². The van der Waals surface area contributed by atoms with Gasteiger partial charge in [-0.2, -0.15) is 0 Å². The fourth-order valence-electron chi connectivity index (χ4n) is 2.17. The maximum Gasteiger partial charge on any atom is 0.159 e. The first-order valence-electron chi connectivity index (χ1n) is 7.49. The summed E-state index contributed by atoms with van der Waals surface area (Å²) in [5.41, 5.74) is 8.35. The fraction of sp³-hybridized carbons (Fsp3) is 0.412. The highest BCUT2D eigenvalue weighted by Gasteiger charge is 2.21. The second-order valence-corrected chi connectivity index (χ2v) is 6.72. The van der Waals surface area contributed by atoms with Crippen LogP contribution in [0.15, 0.2) is 30.5 Å². The van der Waals surface area contributed by atoms with Gasteiger partial charge in [0.2, 0.25) is 0 Å². The number of hydrogen-bond donors (Lipinski definition) is 2. The molecule has 1 aromatic heterocycles. The lowest BCUT2D eigenvalue weighted by molar-refractivity contribution is 0.569. The van der Waals surface area contributed by atoms with Gasteiger partial charge in [-0.05, 0) is 25.1 Å². The van der Waals surface area contributed by atoms with E-state index in [1.807, 2.05) is 30.5 Å². The molecule has 0 atom stereocenters. The molecule has 4 nitrogen and oxygen atoms in total. The molecule has 0 bridgehead atoms. The zero-order valence-electron chi connectivity index (χ0n) is 13.4. The molecular weight excluding hydrogens is 296 g/mol. The van der Waals surface area contributed by atoms with Gasteiger partial charge in [-0.25, -0.2) is 9.97 Å². The summed E-state index contributed by atoms with van der Waals surface area (Å²) in [5, 5.41) is 4.06. The topological polar surface area (TPSA) is 63.8 Å². The minimum atomic E-state index is -0.0820. The quantitative estimate of drug-likeness (QED) is 0.822. The van der Waals surface area contributed by atoms with Crippen LogP contribution in [0.3, 0.4) is 0 Å². The van der Waals surface area contributed by atoms with E-state index in [0.29, 0.717) is 17.4 Å². The van der Waals surface area contributed by atoms with Crippen molar-refractivity contribution in [2.45, 2.75) is 32.6 Å². The average Bonchev–Trinajstić information content (AvgIpc) is 2.46. The van der Waals surface area contributed by atoms with Gasteiger partial charge in [0.05, 0.1) is 17.6 Å². The Morgan fingerprint density at radius 1 is 1.27 bits per heavy atom. The van der Waals surface area contributed by atoms with Gasteiger partial charge >= 0.3 is 0 Å². The molecule has 0 fully saturated rings. The van der Waals surface area contributed by atoms with Gasteiger partial charge in [0.15, 0.2) is 5.82 Å². The van der Waals surface area contributed by atoms with Crippen LogP contribution in [0.1, 0.15) is 32.9 Å². The van der Waals surface area contributed by atoms with E-state index in [4.69, 9.17) is 22.3 Å². The highest BCUT2D eigenvalue weighted by atomic mass is 35.5. The molecule has 0 aliphatic rings. The third-order valence-corrected chi connectivity index (χ3v) is 3.51. The summed E-state index contributed by atoms with van der Waals surface area (Å²) in [6, 6.07) is 7.60. The molecule has 1 heterocycles. The first kappa shape index (κ1) is 16.7. The van der Waals surface area contributed by atoms with Crippen molar-refractivity contribution < 1.29 is 0 Å². The molecule has 1 aromatic carbocycles. The van der Waals surface area contributed by atoms with E-state index in [2.05, 4.69) is 31.1 Å². The van der Waals surface area contributed by atoms with E-state index < -0.39 is 0 Å². The number of halogens is 1. The molecule has 0 unspecified atom stereocenters. The number of nitrogens with zero attached hydrogens (tertiary/aromatic N) is 2. The summed E-state index contributed by atoms with van der Waals surface area (Å²) in [6.45, 7) is 7.92. The third kappa shape index (κ3) is 4.18. The zero-order valence-corrected chi connectivity index (χ0v) is 14.1. The van der Waals surface area contributed by atoms with Crippen molar-refractivity contribution in [3.63, 3.8) is 0 Å². The van der Waals surface area contributed by atoms with E-state index in [-0.39, 0.29) is 5.41 Å². The van der Waals surface area contributed by atoms with E-state index in [0.717, 1.165) is 29.9 Å². The number of aromatic nitrogens is 2. The molecule has 0 radical (unpaired) electrons. The maximum absolute atomic E-state index is 6.06. The lowest BCUT2D eigenvalue weighted by Gasteiger charge is -2.22. The molecule has 2 aromatic rings. The summed E-state index contributed by atoms with van der Waals surface area (Å²) in [6.07, 6.45) is 2.76. The zero-order chi connectivity index (χ0) is 16.2. The van der Waals surface area contributed by atoms with Gasteiger partial charge in [-0.1, -0.05) is 44.5 Å². The number of nitrogens with two attached hydrogens (primary N) is 1. The molecule has 2 rings (SSSR count). The van der Waals surface area contributed by atoms with Gasteiger partial charge < -0.3 is 11.1 Å². The highest BCUT2D eigenvalue weighted by Crippen LogP contribution is 2.29. The Labute approximate surface area is 137 Å². The van der Waals surface area contributed by atoms with Crippen molar-refractivity contribution in [3.8, 4) is 11.4 Å². The second kappa shape index (κ2) is 7.07. The largest absolute Gasteiger partial charge is 0.382 e. The van der Waals surface area contributed by atoms with Crippen LogP contribution >= 0.6 is 11.6 Å². The van der Waals surface area contributed by atoms with E-state index >= 15 is 0 Å². The summed E-state index contributed by atoms with van der Waals surface area (Å²) >= 11 is 6.06. The van der Waals surface area contributed by atoms with Crippen molar-refractivity contribution >= 4 is 17.3 Å². The first-order chi connectivity index (χ1) is 10.4. The van der Waals surface area contributed by atoms with Crippen LogP contribution in [0.2, 0.25) is 5.02 Å². The predicted molar refractivity (Wildman–Crippen MR) is 93.3 cm³/mol. The summed E-state index contributed by atoms with van der Waals surface area (Å²) in [7, 11) is 0. The minimum Gasteiger partial charge on any atom is -0.382 e. The Morgan fingerprint density at radius 3 is 2.68 bits per heavy atom. The van der Waals surface area contributed by atoms with Crippen LogP contribution in [0.5, 0.6) is 0 Å². The molecule has 0 aliphatic carbocycles. The Kier molecular flexibility index (Phi) is 5.37. The van der Waals surface area contributed by atoms with Gasteiger partial charge in [0, 0.05) is 22.5 Å². The van der Waals surface area contributed by atoms with E-state index in [1.165, 1.54) is 0 Å². The number of hydrogen-bond acceptors (Lipinski definition) is 4. The molecule has 3 N–H and O–H groups in total. The van der Waals surface area contributed by atoms with Gasteiger partial charge in [-0.3, -0.25) is 0 Å². The van der Waals surface area contributed by atoms with Crippen LogP contribution in [-0.2, 0) is 5.41 Å². The highest BCUT2D eigenvalue weighted by molar-refractivity contribution is 6.30. The Bertz CT molecular complexity index is 635. The normalized spacial score (nSPS) is 11.5. The molecule has 0 amide bonds. The Balaban J connectivity index is 2.39. The molecule has 0 saturated heterocycles. The van der Waals surface area contributed by atoms with Gasteiger partial charge in [0.1, 0.15) is 0 Å². The van der Waals surface area contributed by atoms with Gasteiger partial charge in [-0.15, -0.1) is 0 Å². The van der Waals surface area contributed by atoms with Crippen molar-refractivity contribution in [2.75, 3.05) is 18.4 Å². The predicted octanol–water partition coefficient (Wildman–Crippen LogP) is 3.86. The number of anilines is 1. The van der Waals surface area contributed by atoms with Crippen LogP contribution < -0.4 is 11.1 Å². The van der Waals surface area contributed by atoms with Crippen LogP contribution in [0.25, 0.3) is 11.4 Å². The fourth-order valence-corrected chi connectivity index (χ4v) is 2.36. The van der Waals surface area contributed by atoms with Gasteiger partial charge in [0.25, 0.3) is 0 Å². The maximum atomic E-state index is 6.06. The van der Waals surface area contributed by atoms with Crippen molar-refractivity contribution in [3.05, 3.63) is 41.2 Å². The number of benzene rings is 1. The summed E-state index contributed by atoms with van der Waals surface area (Å²) in [5.74, 6) is 0.691.